The van der Waals surface area contributed by atoms with Gasteiger partial charge in [-0.15, -0.1) is 11.3 Å². The van der Waals surface area contributed by atoms with E-state index in [-0.39, 0.29) is 24.0 Å². The Morgan fingerprint density at radius 3 is 2.74 bits per heavy atom. The fraction of sp³-hybridized carbons (Fsp3) is 0.467. The van der Waals surface area contributed by atoms with Gasteiger partial charge in [0.2, 0.25) is 0 Å². The monoisotopic (exact) mass is 354 g/mol. The summed E-state index contributed by atoms with van der Waals surface area (Å²) in [7, 11) is -2.93. The molecule has 0 bridgehead atoms. The van der Waals surface area contributed by atoms with Gasteiger partial charge >= 0.3 is 5.97 Å². The van der Waals surface area contributed by atoms with E-state index >= 15 is 0 Å². The van der Waals surface area contributed by atoms with Crippen LogP contribution in [0.15, 0.2) is 24.3 Å². The number of thiazole rings is 1. The van der Waals surface area contributed by atoms with Crippen LogP contribution in [0.25, 0.3) is 10.2 Å². The number of fused-ring (bicyclic) bond motifs is 1. The summed E-state index contributed by atoms with van der Waals surface area (Å²) < 4.78 is 29.3. The van der Waals surface area contributed by atoms with Crippen molar-refractivity contribution in [1.82, 2.24) is 9.88 Å². The molecule has 1 atom stereocenters. The van der Waals surface area contributed by atoms with Gasteiger partial charge in [-0.2, -0.15) is 0 Å². The molecule has 124 valence electrons. The highest BCUT2D eigenvalue weighted by atomic mass is 32.2. The molecule has 1 saturated heterocycles. The summed E-state index contributed by atoms with van der Waals surface area (Å²) in [5.41, 5.74) is 0.900. The SMILES string of the molecule is C[C@@H](OC(=O)CN1CCS(=O)(=O)CC1)c1nc2ccccc2s1. The van der Waals surface area contributed by atoms with E-state index < -0.39 is 15.9 Å². The number of nitrogens with zero attached hydrogens (tertiary/aromatic N) is 2. The molecule has 0 N–H and O–H groups in total. The molecule has 1 aliphatic rings. The predicted molar refractivity (Wildman–Crippen MR) is 89.2 cm³/mol. The van der Waals surface area contributed by atoms with Crippen molar-refractivity contribution >= 4 is 37.4 Å². The summed E-state index contributed by atoms with van der Waals surface area (Å²) in [6.45, 7) is 2.68. The van der Waals surface area contributed by atoms with Crippen LogP contribution in [0.4, 0.5) is 0 Å². The summed E-state index contributed by atoms with van der Waals surface area (Å²) in [6, 6.07) is 7.79. The van der Waals surface area contributed by atoms with Crippen molar-refractivity contribution in [2.75, 3.05) is 31.1 Å². The lowest BCUT2D eigenvalue weighted by Crippen LogP contribution is -2.43. The van der Waals surface area contributed by atoms with E-state index in [9.17, 15) is 13.2 Å². The molecule has 0 radical (unpaired) electrons. The van der Waals surface area contributed by atoms with Gasteiger partial charge < -0.3 is 4.74 Å². The lowest BCUT2D eigenvalue weighted by Gasteiger charge is -2.25. The normalized spacial score (nSPS) is 19.5. The molecule has 1 aromatic heterocycles. The molecule has 23 heavy (non-hydrogen) atoms. The second-order valence-corrected chi connectivity index (χ2v) is 8.95. The van der Waals surface area contributed by atoms with E-state index in [4.69, 9.17) is 4.74 Å². The van der Waals surface area contributed by atoms with Crippen LogP contribution in [0.2, 0.25) is 0 Å². The van der Waals surface area contributed by atoms with Gasteiger partial charge in [0.25, 0.3) is 0 Å². The van der Waals surface area contributed by atoms with Gasteiger partial charge in [0.15, 0.2) is 15.9 Å². The summed E-state index contributed by atoms with van der Waals surface area (Å²) in [6.07, 6.45) is -0.409. The van der Waals surface area contributed by atoms with E-state index in [1.807, 2.05) is 29.2 Å². The summed E-state index contributed by atoms with van der Waals surface area (Å²) >= 11 is 1.51. The van der Waals surface area contributed by atoms with Crippen LogP contribution in [-0.4, -0.2) is 55.4 Å². The number of hydrogen-bond acceptors (Lipinski definition) is 7. The minimum Gasteiger partial charge on any atom is -0.454 e. The smallest absolute Gasteiger partial charge is 0.320 e. The Kier molecular flexibility index (Phi) is 4.65. The highest BCUT2D eigenvalue weighted by molar-refractivity contribution is 7.91. The number of ether oxygens (including phenoxy) is 1. The number of carbonyl (C=O) groups is 1. The van der Waals surface area contributed by atoms with Crippen LogP contribution in [0.3, 0.4) is 0 Å². The Balaban J connectivity index is 1.57. The molecular weight excluding hydrogens is 336 g/mol. The molecule has 0 aliphatic carbocycles. The van der Waals surface area contributed by atoms with Gasteiger partial charge in [0.05, 0.1) is 28.3 Å². The number of aromatic nitrogens is 1. The van der Waals surface area contributed by atoms with Crippen LogP contribution in [0.5, 0.6) is 0 Å². The van der Waals surface area contributed by atoms with E-state index in [0.717, 1.165) is 15.2 Å². The fourth-order valence-corrected chi connectivity index (χ4v) is 4.66. The van der Waals surface area contributed by atoms with Crippen molar-refractivity contribution in [2.24, 2.45) is 0 Å². The zero-order valence-electron chi connectivity index (χ0n) is 12.8. The van der Waals surface area contributed by atoms with Crippen molar-refractivity contribution in [1.29, 1.82) is 0 Å². The van der Waals surface area contributed by atoms with E-state index in [0.29, 0.717) is 13.1 Å². The first-order valence-corrected chi connectivity index (χ1v) is 10.0. The first kappa shape index (κ1) is 16.4. The molecule has 1 aliphatic heterocycles. The van der Waals surface area contributed by atoms with Crippen molar-refractivity contribution in [3.8, 4) is 0 Å². The number of hydrogen-bond donors (Lipinski definition) is 0. The summed E-state index contributed by atoms with van der Waals surface area (Å²) in [5, 5.41) is 0.765. The van der Waals surface area contributed by atoms with E-state index in [1.165, 1.54) is 11.3 Å². The molecule has 2 heterocycles. The first-order valence-electron chi connectivity index (χ1n) is 7.41. The first-order chi connectivity index (χ1) is 10.9. The topological polar surface area (TPSA) is 76.6 Å². The Morgan fingerprint density at radius 2 is 2.04 bits per heavy atom. The van der Waals surface area contributed by atoms with Crippen molar-refractivity contribution in [2.45, 2.75) is 13.0 Å². The zero-order chi connectivity index (χ0) is 16.4. The Morgan fingerprint density at radius 1 is 1.35 bits per heavy atom. The minimum atomic E-state index is -2.93. The third-order valence-electron chi connectivity index (χ3n) is 3.76. The number of esters is 1. The standard InChI is InChI=1S/C15H18N2O4S2/c1-11(15-16-12-4-2-3-5-13(12)22-15)21-14(18)10-17-6-8-23(19,20)9-7-17/h2-5,11H,6-10H2,1H3/t11-/m1/s1. The van der Waals surface area contributed by atoms with Crippen LogP contribution < -0.4 is 0 Å². The molecule has 3 rings (SSSR count). The predicted octanol–water partition coefficient (Wildman–Crippen LogP) is 1.63. The summed E-state index contributed by atoms with van der Waals surface area (Å²) in [5.74, 6) is -0.141. The highest BCUT2D eigenvalue weighted by Crippen LogP contribution is 2.27. The maximum Gasteiger partial charge on any atom is 0.320 e. The van der Waals surface area contributed by atoms with Gasteiger partial charge in [-0.3, -0.25) is 9.69 Å². The highest BCUT2D eigenvalue weighted by Gasteiger charge is 2.24. The second kappa shape index (κ2) is 6.54. The van der Waals surface area contributed by atoms with Crippen LogP contribution in [0, 0.1) is 0 Å². The number of rotatable bonds is 4. The quantitative estimate of drug-likeness (QED) is 0.777. The van der Waals surface area contributed by atoms with Gasteiger partial charge in [0, 0.05) is 13.1 Å². The second-order valence-electron chi connectivity index (χ2n) is 5.58. The van der Waals surface area contributed by atoms with Crippen LogP contribution in [0.1, 0.15) is 18.0 Å². The molecule has 0 spiro atoms. The number of carbonyl (C=O) groups excluding carboxylic acids is 1. The number of para-hydroxylation sites is 1. The molecule has 0 amide bonds. The Hall–Kier alpha value is -1.51. The maximum absolute atomic E-state index is 12.0. The lowest BCUT2D eigenvalue weighted by atomic mass is 10.3. The molecule has 0 unspecified atom stereocenters. The van der Waals surface area contributed by atoms with E-state index in [1.54, 1.807) is 6.92 Å². The third kappa shape index (κ3) is 4.07. The van der Waals surface area contributed by atoms with Gasteiger partial charge in [0.1, 0.15) is 5.01 Å². The lowest BCUT2D eigenvalue weighted by molar-refractivity contribution is -0.149. The molecule has 0 saturated carbocycles. The molecule has 8 heteroatoms. The fourth-order valence-electron chi connectivity index (χ4n) is 2.44. The largest absolute Gasteiger partial charge is 0.454 e. The average Bonchev–Trinajstić information content (AvgIpc) is 2.93. The Labute approximate surface area is 139 Å². The van der Waals surface area contributed by atoms with Crippen molar-refractivity contribution in [3.05, 3.63) is 29.3 Å². The average molecular weight is 354 g/mol. The van der Waals surface area contributed by atoms with E-state index in [2.05, 4.69) is 4.98 Å². The minimum absolute atomic E-state index is 0.105. The molecule has 2 aromatic rings. The van der Waals surface area contributed by atoms with Gasteiger partial charge in [-0.05, 0) is 19.1 Å². The van der Waals surface area contributed by atoms with Gasteiger partial charge in [-0.25, -0.2) is 13.4 Å². The summed E-state index contributed by atoms with van der Waals surface area (Å²) in [4.78, 5) is 18.3. The molecule has 6 nitrogen and oxygen atoms in total. The molecule has 1 fully saturated rings. The maximum atomic E-state index is 12.0. The van der Waals surface area contributed by atoms with Crippen LogP contribution >= 0.6 is 11.3 Å². The molecule has 1 aromatic carbocycles. The zero-order valence-corrected chi connectivity index (χ0v) is 14.4. The number of benzene rings is 1. The third-order valence-corrected chi connectivity index (χ3v) is 6.56. The Bertz CT molecular complexity index is 769. The number of sulfone groups is 1. The van der Waals surface area contributed by atoms with Crippen LogP contribution in [-0.2, 0) is 19.4 Å². The van der Waals surface area contributed by atoms with Crippen molar-refractivity contribution < 1.29 is 17.9 Å². The molecular formula is C15H18N2O4S2. The van der Waals surface area contributed by atoms with Gasteiger partial charge in [-0.1, -0.05) is 12.1 Å². The van der Waals surface area contributed by atoms with Crippen molar-refractivity contribution in [3.63, 3.8) is 0 Å².